The number of rotatable bonds is 3. The lowest BCUT2D eigenvalue weighted by molar-refractivity contribution is 0.0696. The largest absolute Gasteiger partial charge is 0.331 e. The number of ketones is 1. The van der Waals surface area contributed by atoms with Crippen LogP contribution in [-0.2, 0) is 6.42 Å². The number of carbonyl (C=O) groups is 2. The molecule has 0 atom stereocenters. The van der Waals surface area contributed by atoms with Gasteiger partial charge < -0.3 is 4.90 Å². The minimum absolute atomic E-state index is 0.0147. The average molecular weight is 391 g/mol. The third kappa shape index (κ3) is 3.00. The van der Waals surface area contributed by atoms with E-state index in [1.54, 1.807) is 4.90 Å². The number of fused-ring (bicyclic) bond motifs is 1. The molecule has 4 heteroatoms. The van der Waals surface area contributed by atoms with Gasteiger partial charge in [-0.05, 0) is 52.8 Å². The summed E-state index contributed by atoms with van der Waals surface area (Å²) in [6.07, 6.45) is 0.807. The van der Waals surface area contributed by atoms with Gasteiger partial charge in [0.05, 0.1) is 6.54 Å². The van der Waals surface area contributed by atoms with Gasteiger partial charge in [-0.3, -0.25) is 9.59 Å². The molecule has 0 aliphatic carbocycles. The van der Waals surface area contributed by atoms with Gasteiger partial charge in [-0.15, -0.1) is 0 Å². The number of carbonyl (C=O) groups excluding carboxylic acids is 2. The molecule has 2 aromatic carbocycles. The van der Waals surface area contributed by atoms with Crippen molar-refractivity contribution in [2.75, 3.05) is 13.1 Å². The zero-order valence-corrected chi connectivity index (χ0v) is 13.5. The van der Waals surface area contributed by atoms with Gasteiger partial charge in [0.1, 0.15) is 0 Å². The summed E-state index contributed by atoms with van der Waals surface area (Å²) in [5.74, 6) is -0.0603. The van der Waals surface area contributed by atoms with Crippen LogP contribution in [0, 0.1) is 3.57 Å². The maximum atomic E-state index is 12.4. The Hall–Kier alpha value is -1.69. The SMILES string of the molecule is O=C(CN1CCc2ccccc2C1=O)c1ccc(I)cc1. The summed E-state index contributed by atoms with van der Waals surface area (Å²) < 4.78 is 1.09. The molecule has 106 valence electrons. The van der Waals surface area contributed by atoms with Gasteiger partial charge in [0, 0.05) is 21.2 Å². The third-order valence-electron chi connectivity index (χ3n) is 3.69. The van der Waals surface area contributed by atoms with Crippen LogP contribution in [0.4, 0.5) is 0 Å². The highest BCUT2D eigenvalue weighted by atomic mass is 127. The Morgan fingerprint density at radius 2 is 1.81 bits per heavy atom. The Kier molecular flexibility index (Phi) is 4.05. The zero-order chi connectivity index (χ0) is 14.8. The van der Waals surface area contributed by atoms with Crippen LogP contribution < -0.4 is 0 Å². The summed E-state index contributed by atoms with van der Waals surface area (Å²) in [7, 11) is 0. The number of benzene rings is 2. The Labute approximate surface area is 137 Å². The fraction of sp³-hybridized carbons (Fsp3) is 0.176. The lowest BCUT2D eigenvalue weighted by Crippen LogP contribution is -2.40. The van der Waals surface area contributed by atoms with Crippen molar-refractivity contribution in [1.82, 2.24) is 4.90 Å². The van der Waals surface area contributed by atoms with Gasteiger partial charge in [-0.25, -0.2) is 0 Å². The molecule has 1 aliphatic heterocycles. The highest BCUT2D eigenvalue weighted by Crippen LogP contribution is 2.19. The standard InChI is InChI=1S/C17H14INO2/c18-14-7-5-13(6-8-14)16(20)11-19-10-9-12-3-1-2-4-15(12)17(19)21/h1-8H,9-11H2. The van der Waals surface area contributed by atoms with E-state index in [0.29, 0.717) is 12.1 Å². The van der Waals surface area contributed by atoms with E-state index in [1.165, 1.54) is 0 Å². The van der Waals surface area contributed by atoms with Crippen molar-refractivity contribution in [2.24, 2.45) is 0 Å². The maximum absolute atomic E-state index is 12.4. The minimum Gasteiger partial charge on any atom is -0.331 e. The quantitative estimate of drug-likeness (QED) is 0.596. The topological polar surface area (TPSA) is 37.4 Å². The fourth-order valence-corrected chi connectivity index (χ4v) is 2.89. The molecular formula is C17H14INO2. The number of hydrogen-bond acceptors (Lipinski definition) is 2. The smallest absolute Gasteiger partial charge is 0.254 e. The van der Waals surface area contributed by atoms with E-state index in [4.69, 9.17) is 0 Å². The molecular weight excluding hydrogens is 377 g/mol. The summed E-state index contributed by atoms with van der Waals surface area (Å²) in [5, 5.41) is 0. The average Bonchev–Trinajstić information content (AvgIpc) is 2.51. The van der Waals surface area contributed by atoms with Crippen molar-refractivity contribution < 1.29 is 9.59 Å². The molecule has 0 unspecified atom stereocenters. The first-order chi connectivity index (χ1) is 10.1. The highest BCUT2D eigenvalue weighted by molar-refractivity contribution is 14.1. The van der Waals surface area contributed by atoms with Crippen molar-refractivity contribution in [1.29, 1.82) is 0 Å². The summed E-state index contributed by atoms with van der Waals surface area (Å²) in [5.41, 5.74) is 2.45. The van der Waals surface area contributed by atoms with E-state index in [1.807, 2.05) is 48.5 Å². The molecule has 0 aromatic heterocycles. The van der Waals surface area contributed by atoms with Crippen LogP contribution in [0.5, 0.6) is 0 Å². The van der Waals surface area contributed by atoms with Crippen molar-refractivity contribution in [3.8, 4) is 0 Å². The predicted molar refractivity (Wildman–Crippen MR) is 89.5 cm³/mol. The zero-order valence-electron chi connectivity index (χ0n) is 11.4. The molecule has 1 amide bonds. The van der Waals surface area contributed by atoms with E-state index in [0.717, 1.165) is 21.1 Å². The second kappa shape index (κ2) is 5.97. The van der Waals surface area contributed by atoms with Crippen LogP contribution in [-0.4, -0.2) is 29.7 Å². The van der Waals surface area contributed by atoms with Gasteiger partial charge >= 0.3 is 0 Å². The molecule has 3 nitrogen and oxygen atoms in total. The predicted octanol–water partition coefficient (Wildman–Crippen LogP) is 3.17. The first-order valence-electron chi connectivity index (χ1n) is 6.81. The van der Waals surface area contributed by atoms with E-state index >= 15 is 0 Å². The lowest BCUT2D eigenvalue weighted by atomic mass is 9.98. The molecule has 2 aromatic rings. The summed E-state index contributed by atoms with van der Waals surface area (Å²) in [4.78, 5) is 26.3. The van der Waals surface area contributed by atoms with Gasteiger partial charge in [0.25, 0.3) is 5.91 Å². The molecule has 0 fully saturated rings. The third-order valence-corrected chi connectivity index (χ3v) is 4.41. The highest BCUT2D eigenvalue weighted by Gasteiger charge is 2.25. The monoisotopic (exact) mass is 391 g/mol. The minimum atomic E-state index is -0.0456. The number of halogens is 1. The normalized spacial score (nSPS) is 14.0. The van der Waals surface area contributed by atoms with Crippen LogP contribution in [0.3, 0.4) is 0 Å². The number of nitrogens with zero attached hydrogens (tertiary/aromatic N) is 1. The molecule has 1 heterocycles. The van der Waals surface area contributed by atoms with Gasteiger partial charge in [-0.1, -0.05) is 30.3 Å². The first-order valence-corrected chi connectivity index (χ1v) is 7.89. The fourth-order valence-electron chi connectivity index (χ4n) is 2.53. The summed E-state index contributed by atoms with van der Waals surface area (Å²) in [6.45, 7) is 0.750. The van der Waals surface area contributed by atoms with Crippen LogP contribution >= 0.6 is 22.6 Å². The molecule has 1 aliphatic rings. The second-order valence-corrected chi connectivity index (χ2v) is 6.31. The molecule has 0 radical (unpaired) electrons. The Morgan fingerprint density at radius 1 is 1.10 bits per heavy atom. The van der Waals surface area contributed by atoms with Crippen LogP contribution in [0.1, 0.15) is 26.3 Å². The Bertz CT molecular complexity index is 694. The maximum Gasteiger partial charge on any atom is 0.254 e. The van der Waals surface area contributed by atoms with E-state index in [9.17, 15) is 9.59 Å². The molecule has 21 heavy (non-hydrogen) atoms. The molecule has 0 saturated heterocycles. The summed E-state index contributed by atoms with van der Waals surface area (Å²) >= 11 is 2.20. The molecule has 3 rings (SSSR count). The van der Waals surface area contributed by atoms with Crippen molar-refractivity contribution in [3.05, 3.63) is 68.8 Å². The van der Waals surface area contributed by atoms with Gasteiger partial charge in [0.2, 0.25) is 0 Å². The Morgan fingerprint density at radius 3 is 2.57 bits per heavy atom. The Balaban J connectivity index is 1.76. The molecule has 0 saturated carbocycles. The molecule has 0 spiro atoms. The van der Waals surface area contributed by atoms with Crippen LogP contribution in [0.2, 0.25) is 0 Å². The van der Waals surface area contributed by atoms with Crippen molar-refractivity contribution in [2.45, 2.75) is 6.42 Å². The van der Waals surface area contributed by atoms with E-state index < -0.39 is 0 Å². The second-order valence-electron chi connectivity index (χ2n) is 5.06. The van der Waals surface area contributed by atoms with Crippen molar-refractivity contribution >= 4 is 34.3 Å². The van der Waals surface area contributed by atoms with Crippen LogP contribution in [0.15, 0.2) is 48.5 Å². The number of amides is 1. The van der Waals surface area contributed by atoms with Crippen molar-refractivity contribution in [3.63, 3.8) is 0 Å². The lowest BCUT2D eigenvalue weighted by Gasteiger charge is -2.27. The first kappa shape index (κ1) is 14.3. The van der Waals surface area contributed by atoms with Gasteiger partial charge in [-0.2, -0.15) is 0 Å². The summed E-state index contributed by atoms with van der Waals surface area (Å²) in [6, 6.07) is 15.0. The number of hydrogen-bond donors (Lipinski definition) is 0. The van der Waals surface area contributed by atoms with E-state index in [2.05, 4.69) is 22.6 Å². The number of Topliss-reactive ketones (excluding diaryl/α,β-unsaturated/α-hetero) is 1. The van der Waals surface area contributed by atoms with E-state index in [-0.39, 0.29) is 18.2 Å². The van der Waals surface area contributed by atoms with Gasteiger partial charge in [0.15, 0.2) is 5.78 Å². The van der Waals surface area contributed by atoms with Crippen LogP contribution in [0.25, 0.3) is 0 Å². The molecule has 0 N–H and O–H groups in total. The molecule has 0 bridgehead atoms.